The molecule has 2 saturated heterocycles. The molecule has 4 heteroatoms. The Hall–Kier alpha value is -1.13. The van der Waals surface area contributed by atoms with Crippen molar-refractivity contribution in [1.29, 1.82) is 0 Å². The molecule has 2 bridgehead atoms. The van der Waals surface area contributed by atoms with Crippen molar-refractivity contribution in [3.05, 3.63) is 24.3 Å². The quantitative estimate of drug-likeness (QED) is 0.912. The SMILES string of the molecule is CN1C2CCCC1CC(Nc1nc3ccccc3s1)C2. The minimum absolute atomic E-state index is 0.599. The molecule has 3 nitrogen and oxygen atoms in total. The lowest BCUT2D eigenvalue weighted by Gasteiger charge is -2.47. The van der Waals surface area contributed by atoms with Gasteiger partial charge in [0, 0.05) is 18.1 Å². The summed E-state index contributed by atoms with van der Waals surface area (Å²) >= 11 is 1.78. The molecule has 0 radical (unpaired) electrons. The van der Waals surface area contributed by atoms with Crippen LogP contribution in [0.25, 0.3) is 10.2 Å². The van der Waals surface area contributed by atoms with Crippen LogP contribution in [0.15, 0.2) is 24.3 Å². The molecule has 2 aromatic rings. The van der Waals surface area contributed by atoms with Gasteiger partial charge in [0.25, 0.3) is 0 Å². The summed E-state index contributed by atoms with van der Waals surface area (Å²) < 4.78 is 1.28. The number of thiazole rings is 1. The molecule has 2 aliphatic heterocycles. The second kappa shape index (κ2) is 5.01. The first-order valence-corrected chi connectivity index (χ1v) is 8.45. The summed E-state index contributed by atoms with van der Waals surface area (Å²) in [7, 11) is 2.31. The van der Waals surface area contributed by atoms with Crippen LogP contribution in [-0.2, 0) is 0 Å². The zero-order valence-electron chi connectivity index (χ0n) is 11.9. The number of nitrogens with zero attached hydrogens (tertiary/aromatic N) is 2. The molecule has 106 valence electrons. The van der Waals surface area contributed by atoms with Gasteiger partial charge in [-0.3, -0.25) is 0 Å². The largest absolute Gasteiger partial charge is 0.359 e. The fourth-order valence-corrected chi connectivity index (χ4v) is 4.78. The molecule has 2 unspecified atom stereocenters. The Labute approximate surface area is 124 Å². The van der Waals surface area contributed by atoms with Gasteiger partial charge in [0.15, 0.2) is 5.13 Å². The van der Waals surface area contributed by atoms with Gasteiger partial charge in [0.1, 0.15) is 0 Å². The van der Waals surface area contributed by atoms with E-state index in [1.165, 1.54) is 36.8 Å². The number of benzene rings is 1. The summed E-state index contributed by atoms with van der Waals surface area (Å²) in [5.41, 5.74) is 1.12. The molecule has 2 aliphatic rings. The van der Waals surface area contributed by atoms with Crippen molar-refractivity contribution < 1.29 is 0 Å². The number of nitrogens with one attached hydrogen (secondary N) is 1. The first kappa shape index (κ1) is 12.6. The average molecular weight is 287 g/mol. The minimum atomic E-state index is 0.599. The molecule has 2 atom stereocenters. The van der Waals surface area contributed by atoms with Crippen molar-refractivity contribution in [3.63, 3.8) is 0 Å². The maximum atomic E-state index is 4.71. The van der Waals surface area contributed by atoms with E-state index >= 15 is 0 Å². The zero-order chi connectivity index (χ0) is 13.5. The Morgan fingerprint density at radius 3 is 2.70 bits per heavy atom. The van der Waals surface area contributed by atoms with Crippen LogP contribution < -0.4 is 5.32 Å². The van der Waals surface area contributed by atoms with Gasteiger partial charge in [-0.05, 0) is 44.9 Å². The minimum Gasteiger partial charge on any atom is -0.359 e. The van der Waals surface area contributed by atoms with E-state index in [0.29, 0.717) is 6.04 Å². The van der Waals surface area contributed by atoms with Gasteiger partial charge in [-0.25, -0.2) is 4.98 Å². The average Bonchev–Trinajstić information content (AvgIpc) is 2.82. The molecule has 3 heterocycles. The first-order chi connectivity index (χ1) is 9.79. The van der Waals surface area contributed by atoms with Gasteiger partial charge in [-0.15, -0.1) is 0 Å². The van der Waals surface area contributed by atoms with E-state index in [0.717, 1.165) is 22.7 Å². The van der Waals surface area contributed by atoms with Crippen LogP contribution in [0.4, 0.5) is 5.13 Å². The second-order valence-electron chi connectivity index (χ2n) is 6.20. The highest BCUT2D eigenvalue weighted by atomic mass is 32.1. The molecule has 1 aromatic carbocycles. The number of aromatic nitrogens is 1. The van der Waals surface area contributed by atoms with E-state index in [1.807, 2.05) is 0 Å². The standard InChI is InChI=1S/C16H21N3S/c1-19-12-5-4-6-13(19)10-11(9-12)17-16-18-14-7-2-3-8-15(14)20-16/h2-3,7-8,11-13H,4-6,9-10H2,1H3,(H,17,18). The number of rotatable bonds is 2. The smallest absolute Gasteiger partial charge is 0.184 e. The molecule has 2 fully saturated rings. The van der Waals surface area contributed by atoms with Crippen molar-refractivity contribution in [2.24, 2.45) is 0 Å². The number of hydrogen-bond donors (Lipinski definition) is 1. The molecule has 0 spiro atoms. The number of anilines is 1. The third-order valence-electron chi connectivity index (χ3n) is 4.96. The normalized spacial score (nSPS) is 30.6. The van der Waals surface area contributed by atoms with E-state index in [1.54, 1.807) is 11.3 Å². The maximum absolute atomic E-state index is 4.71. The molecular formula is C16H21N3S. The van der Waals surface area contributed by atoms with Gasteiger partial charge < -0.3 is 10.2 Å². The van der Waals surface area contributed by atoms with Gasteiger partial charge in [-0.2, -0.15) is 0 Å². The zero-order valence-corrected chi connectivity index (χ0v) is 12.7. The fourth-order valence-electron chi connectivity index (χ4n) is 3.84. The predicted molar refractivity (Wildman–Crippen MR) is 85.5 cm³/mol. The molecule has 0 amide bonds. The van der Waals surface area contributed by atoms with Gasteiger partial charge in [0.05, 0.1) is 10.2 Å². The summed E-state index contributed by atoms with van der Waals surface area (Å²) in [4.78, 5) is 7.32. The molecular weight excluding hydrogens is 266 g/mol. The lowest BCUT2D eigenvalue weighted by Crippen LogP contribution is -2.52. The van der Waals surface area contributed by atoms with Crippen molar-refractivity contribution in [2.75, 3.05) is 12.4 Å². The van der Waals surface area contributed by atoms with E-state index < -0.39 is 0 Å². The van der Waals surface area contributed by atoms with E-state index in [9.17, 15) is 0 Å². The summed E-state index contributed by atoms with van der Waals surface area (Å²) in [5.74, 6) is 0. The third-order valence-corrected chi connectivity index (χ3v) is 5.93. The van der Waals surface area contributed by atoms with Crippen LogP contribution in [0.2, 0.25) is 0 Å². The van der Waals surface area contributed by atoms with Crippen LogP contribution in [0.3, 0.4) is 0 Å². The third kappa shape index (κ3) is 2.21. The summed E-state index contributed by atoms with van der Waals surface area (Å²) in [6.45, 7) is 0. The van der Waals surface area contributed by atoms with Gasteiger partial charge in [0.2, 0.25) is 0 Å². The van der Waals surface area contributed by atoms with Crippen molar-refractivity contribution in [3.8, 4) is 0 Å². The number of piperidine rings is 2. The first-order valence-electron chi connectivity index (χ1n) is 7.63. The van der Waals surface area contributed by atoms with Crippen LogP contribution in [-0.4, -0.2) is 35.1 Å². The summed E-state index contributed by atoms with van der Waals surface area (Å²) in [6.07, 6.45) is 6.68. The molecule has 4 rings (SSSR count). The molecule has 1 aromatic heterocycles. The van der Waals surface area contributed by atoms with Crippen molar-refractivity contribution in [1.82, 2.24) is 9.88 Å². The molecule has 20 heavy (non-hydrogen) atoms. The Morgan fingerprint density at radius 1 is 1.20 bits per heavy atom. The number of hydrogen-bond acceptors (Lipinski definition) is 4. The van der Waals surface area contributed by atoms with E-state index in [-0.39, 0.29) is 0 Å². The Bertz CT molecular complexity index is 562. The molecule has 0 saturated carbocycles. The van der Waals surface area contributed by atoms with Crippen LogP contribution in [0.5, 0.6) is 0 Å². The molecule has 0 aliphatic carbocycles. The monoisotopic (exact) mass is 287 g/mol. The van der Waals surface area contributed by atoms with Crippen LogP contribution in [0, 0.1) is 0 Å². The highest BCUT2D eigenvalue weighted by Gasteiger charge is 2.36. The van der Waals surface area contributed by atoms with Crippen LogP contribution >= 0.6 is 11.3 Å². The lowest BCUT2D eigenvalue weighted by atomic mass is 9.82. The lowest BCUT2D eigenvalue weighted by molar-refractivity contribution is 0.0608. The summed E-state index contributed by atoms with van der Waals surface area (Å²) in [6, 6.07) is 10.5. The van der Waals surface area contributed by atoms with Crippen LogP contribution in [0.1, 0.15) is 32.1 Å². The number of para-hydroxylation sites is 1. The molecule has 1 N–H and O–H groups in total. The highest BCUT2D eigenvalue weighted by molar-refractivity contribution is 7.22. The topological polar surface area (TPSA) is 28.2 Å². The van der Waals surface area contributed by atoms with Crippen molar-refractivity contribution >= 4 is 26.7 Å². The second-order valence-corrected chi connectivity index (χ2v) is 7.23. The van der Waals surface area contributed by atoms with E-state index in [4.69, 9.17) is 4.98 Å². The van der Waals surface area contributed by atoms with E-state index in [2.05, 4.69) is 41.5 Å². The maximum Gasteiger partial charge on any atom is 0.184 e. The fraction of sp³-hybridized carbons (Fsp3) is 0.562. The number of fused-ring (bicyclic) bond motifs is 3. The van der Waals surface area contributed by atoms with Gasteiger partial charge in [-0.1, -0.05) is 29.9 Å². The Morgan fingerprint density at radius 2 is 1.95 bits per heavy atom. The summed E-state index contributed by atoms with van der Waals surface area (Å²) in [5, 5.41) is 4.80. The predicted octanol–water partition coefficient (Wildman–Crippen LogP) is 3.72. The Kier molecular flexibility index (Phi) is 3.15. The Balaban J connectivity index is 1.51. The van der Waals surface area contributed by atoms with Crippen molar-refractivity contribution in [2.45, 2.75) is 50.2 Å². The van der Waals surface area contributed by atoms with Gasteiger partial charge >= 0.3 is 0 Å². The highest BCUT2D eigenvalue weighted by Crippen LogP contribution is 2.35.